The van der Waals surface area contributed by atoms with Crippen LogP contribution in [0.25, 0.3) is 6.08 Å². The minimum atomic E-state index is -0.579. The van der Waals surface area contributed by atoms with Crippen molar-refractivity contribution in [1.82, 2.24) is 5.32 Å². The minimum absolute atomic E-state index is 0.0308. The monoisotopic (exact) mass is 603 g/mol. The molecule has 0 aliphatic rings. The van der Waals surface area contributed by atoms with E-state index in [1.807, 2.05) is 6.07 Å². The van der Waals surface area contributed by atoms with Crippen molar-refractivity contribution >= 4 is 58.5 Å². The van der Waals surface area contributed by atoms with Crippen LogP contribution in [0.4, 0.5) is 15.8 Å². The van der Waals surface area contributed by atoms with Gasteiger partial charge in [-0.15, -0.1) is 11.8 Å². The Morgan fingerprint density at radius 3 is 2.36 bits per heavy atom. The molecule has 4 rings (SSSR count). The minimum Gasteiger partial charge on any atom is -0.495 e. The second-order valence-corrected chi connectivity index (χ2v) is 10.9. The van der Waals surface area contributed by atoms with Gasteiger partial charge in [0.05, 0.1) is 18.0 Å². The highest BCUT2D eigenvalue weighted by Gasteiger charge is 2.18. The van der Waals surface area contributed by atoms with E-state index in [1.54, 1.807) is 73.7 Å². The Balaban J connectivity index is 1.48. The lowest BCUT2D eigenvalue weighted by molar-refractivity contribution is -0.115. The number of hydrogen-bond donors (Lipinski definition) is 3. The molecule has 1 atom stereocenters. The van der Waals surface area contributed by atoms with Crippen molar-refractivity contribution in [2.24, 2.45) is 0 Å². The molecule has 0 heterocycles. The molecule has 3 amide bonds. The SMILES string of the molecule is COc1ccc(Cl)cc1NC(=O)C(C)Sc1cccc(NC(=O)/C(=C\c2ccc(F)cc2)NC(=O)c2ccccc2)c1. The molecule has 0 aromatic heterocycles. The van der Waals surface area contributed by atoms with E-state index in [9.17, 15) is 18.8 Å². The summed E-state index contributed by atoms with van der Waals surface area (Å²) < 4.78 is 18.7. The second-order valence-electron chi connectivity index (χ2n) is 9.01. The van der Waals surface area contributed by atoms with E-state index >= 15 is 0 Å². The molecule has 7 nitrogen and oxygen atoms in total. The smallest absolute Gasteiger partial charge is 0.272 e. The fourth-order valence-corrected chi connectivity index (χ4v) is 4.88. The first-order chi connectivity index (χ1) is 20.2. The molecule has 42 heavy (non-hydrogen) atoms. The molecule has 4 aromatic rings. The van der Waals surface area contributed by atoms with Gasteiger partial charge in [0, 0.05) is 21.2 Å². The van der Waals surface area contributed by atoms with Crippen LogP contribution in [0.3, 0.4) is 0 Å². The summed E-state index contributed by atoms with van der Waals surface area (Å²) >= 11 is 7.36. The summed E-state index contributed by atoms with van der Waals surface area (Å²) in [6.07, 6.45) is 1.46. The average Bonchev–Trinajstić information content (AvgIpc) is 2.98. The van der Waals surface area contributed by atoms with Gasteiger partial charge in [-0.2, -0.15) is 0 Å². The van der Waals surface area contributed by atoms with Crippen molar-refractivity contribution in [2.75, 3.05) is 17.7 Å². The molecular formula is C32H27ClFN3O4S. The highest BCUT2D eigenvalue weighted by molar-refractivity contribution is 8.00. The van der Waals surface area contributed by atoms with Crippen molar-refractivity contribution in [3.63, 3.8) is 0 Å². The van der Waals surface area contributed by atoms with E-state index < -0.39 is 22.9 Å². The Kier molecular flexibility index (Phi) is 10.4. The lowest BCUT2D eigenvalue weighted by atomic mass is 10.1. The summed E-state index contributed by atoms with van der Waals surface area (Å²) in [5.41, 5.74) is 1.78. The van der Waals surface area contributed by atoms with Crippen molar-refractivity contribution in [1.29, 1.82) is 0 Å². The largest absolute Gasteiger partial charge is 0.495 e. The molecule has 0 bridgehead atoms. The number of amides is 3. The number of nitrogens with one attached hydrogen (secondary N) is 3. The average molecular weight is 604 g/mol. The maximum atomic E-state index is 13.4. The van der Waals surface area contributed by atoms with Crippen LogP contribution in [0.2, 0.25) is 5.02 Å². The summed E-state index contributed by atoms with van der Waals surface area (Å²) in [6, 6.07) is 25.9. The highest BCUT2D eigenvalue weighted by Crippen LogP contribution is 2.30. The third-order valence-corrected chi connectivity index (χ3v) is 7.23. The quantitative estimate of drug-likeness (QED) is 0.134. The van der Waals surface area contributed by atoms with Gasteiger partial charge in [-0.25, -0.2) is 4.39 Å². The summed E-state index contributed by atoms with van der Waals surface area (Å²) in [4.78, 5) is 39.8. The first kappa shape index (κ1) is 30.4. The van der Waals surface area contributed by atoms with E-state index in [0.717, 1.165) is 4.90 Å². The summed E-state index contributed by atoms with van der Waals surface area (Å²) in [5.74, 6) is -1.25. The van der Waals surface area contributed by atoms with Crippen LogP contribution in [0.5, 0.6) is 5.75 Å². The molecule has 3 N–H and O–H groups in total. The fourth-order valence-electron chi connectivity index (χ4n) is 3.78. The normalized spacial score (nSPS) is 11.8. The number of halogens is 2. The number of thioether (sulfide) groups is 1. The lowest BCUT2D eigenvalue weighted by Crippen LogP contribution is -2.30. The van der Waals surface area contributed by atoms with E-state index in [0.29, 0.717) is 33.3 Å². The predicted octanol–water partition coefficient (Wildman–Crippen LogP) is 7.02. The van der Waals surface area contributed by atoms with Gasteiger partial charge >= 0.3 is 0 Å². The van der Waals surface area contributed by atoms with Gasteiger partial charge in [0.1, 0.15) is 17.3 Å². The standard InChI is InChI=1S/C32H27ClFN3O4S/c1-20(30(38)36-27-18-23(33)13-16-29(27)41-2)42-26-10-6-9-25(19-26)35-32(40)28(17-21-11-14-24(34)15-12-21)37-31(39)22-7-4-3-5-8-22/h3-20H,1-2H3,(H,35,40)(H,36,38)(H,37,39)/b28-17+. The number of anilines is 2. The maximum Gasteiger partial charge on any atom is 0.272 e. The molecule has 0 radical (unpaired) electrons. The fraction of sp³-hybridized carbons (Fsp3) is 0.0938. The van der Waals surface area contributed by atoms with Gasteiger partial charge in [0.2, 0.25) is 5.91 Å². The lowest BCUT2D eigenvalue weighted by Gasteiger charge is -2.15. The Hall–Kier alpha value is -4.60. The molecule has 0 aliphatic heterocycles. The van der Waals surface area contributed by atoms with E-state index in [1.165, 1.54) is 49.2 Å². The Labute approximate surface area is 252 Å². The number of benzene rings is 4. The topological polar surface area (TPSA) is 96.5 Å². The molecule has 4 aromatic carbocycles. The predicted molar refractivity (Wildman–Crippen MR) is 165 cm³/mol. The van der Waals surface area contributed by atoms with Gasteiger partial charge in [0.25, 0.3) is 11.8 Å². The molecule has 0 saturated carbocycles. The number of rotatable bonds is 10. The number of methoxy groups -OCH3 is 1. The summed E-state index contributed by atoms with van der Waals surface area (Å²) in [6.45, 7) is 1.75. The molecular weight excluding hydrogens is 577 g/mol. The first-order valence-corrected chi connectivity index (χ1v) is 14.0. The zero-order valence-corrected chi connectivity index (χ0v) is 24.3. The Morgan fingerprint density at radius 1 is 0.905 bits per heavy atom. The third-order valence-electron chi connectivity index (χ3n) is 5.90. The Morgan fingerprint density at radius 2 is 1.64 bits per heavy atom. The second kappa shape index (κ2) is 14.3. The first-order valence-electron chi connectivity index (χ1n) is 12.8. The van der Waals surface area contributed by atoms with Crippen LogP contribution in [0.1, 0.15) is 22.8 Å². The van der Waals surface area contributed by atoms with Crippen molar-refractivity contribution in [3.8, 4) is 5.75 Å². The van der Waals surface area contributed by atoms with E-state index in [2.05, 4.69) is 16.0 Å². The molecule has 10 heteroatoms. The maximum absolute atomic E-state index is 13.4. The third kappa shape index (κ3) is 8.45. The number of hydrogen-bond acceptors (Lipinski definition) is 5. The molecule has 0 saturated heterocycles. The van der Waals surface area contributed by atoms with Crippen molar-refractivity contribution in [2.45, 2.75) is 17.1 Å². The van der Waals surface area contributed by atoms with Crippen molar-refractivity contribution in [3.05, 3.63) is 125 Å². The zero-order valence-electron chi connectivity index (χ0n) is 22.7. The van der Waals surface area contributed by atoms with Crippen LogP contribution in [-0.4, -0.2) is 30.1 Å². The van der Waals surface area contributed by atoms with Crippen LogP contribution >= 0.6 is 23.4 Å². The van der Waals surface area contributed by atoms with E-state index in [4.69, 9.17) is 16.3 Å². The molecule has 1 unspecified atom stereocenters. The molecule has 0 spiro atoms. The summed E-state index contributed by atoms with van der Waals surface area (Å²) in [5, 5.41) is 8.24. The van der Waals surface area contributed by atoms with Gasteiger partial charge in [-0.1, -0.05) is 48.0 Å². The van der Waals surface area contributed by atoms with Gasteiger partial charge in [-0.3, -0.25) is 14.4 Å². The van der Waals surface area contributed by atoms with Crippen LogP contribution in [0, 0.1) is 5.82 Å². The number of carbonyl (C=O) groups excluding carboxylic acids is 3. The number of carbonyl (C=O) groups is 3. The molecule has 0 fully saturated rings. The zero-order chi connectivity index (χ0) is 30.1. The van der Waals surface area contributed by atoms with E-state index in [-0.39, 0.29) is 11.6 Å². The van der Waals surface area contributed by atoms with Gasteiger partial charge < -0.3 is 20.7 Å². The Bertz CT molecular complexity index is 1610. The van der Waals surface area contributed by atoms with Crippen LogP contribution < -0.4 is 20.7 Å². The number of ether oxygens (including phenoxy) is 1. The van der Waals surface area contributed by atoms with Crippen LogP contribution in [-0.2, 0) is 9.59 Å². The van der Waals surface area contributed by atoms with Gasteiger partial charge in [0.15, 0.2) is 0 Å². The van der Waals surface area contributed by atoms with Gasteiger partial charge in [-0.05, 0) is 79.2 Å². The van der Waals surface area contributed by atoms with Crippen LogP contribution in [0.15, 0.2) is 108 Å². The molecule has 214 valence electrons. The van der Waals surface area contributed by atoms with Crippen molar-refractivity contribution < 1.29 is 23.5 Å². The molecule has 0 aliphatic carbocycles. The summed E-state index contributed by atoms with van der Waals surface area (Å²) in [7, 11) is 1.50. The highest BCUT2D eigenvalue weighted by atomic mass is 35.5.